The van der Waals surface area contributed by atoms with Crippen molar-refractivity contribution in [1.82, 2.24) is 10.3 Å². The van der Waals surface area contributed by atoms with Crippen LogP contribution in [0, 0.1) is 0 Å². The number of carbonyl (C=O) groups excluding carboxylic acids is 2. The van der Waals surface area contributed by atoms with Crippen LogP contribution in [0.25, 0.3) is 22.6 Å². The van der Waals surface area contributed by atoms with Gasteiger partial charge in [-0.2, -0.15) is 0 Å². The van der Waals surface area contributed by atoms with Crippen LogP contribution in [0.2, 0.25) is 0 Å². The number of pyridine rings is 1. The Bertz CT molecular complexity index is 1260. The number of hydrogen-bond acceptors (Lipinski definition) is 5. The predicted octanol–water partition coefficient (Wildman–Crippen LogP) is 4.55. The summed E-state index contributed by atoms with van der Waals surface area (Å²) >= 11 is 0. The van der Waals surface area contributed by atoms with Gasteiger partial charge in [0.05, 0.1) is 23.9 Å². The summed E-state index contributed by atoms with van der Waals surface area (Å²) in [5, 5.41) is 3.65. The van der Waals surface area contributed by atoms with E-state index in [2.05, 4.69) is 11.4 Å². The third-order valence-electron chi connectivity index (χ3n) is 6.18. The van der Waals surface area contributed by atoms with Crippen molar-refractivity contribution >= 4 is 34.4 Å². The van der Waals surface area contributed by atoms with Crippen LogP contribution in [-0.4, -0.2) is 36.1 Å². The second kappa shape index (κ2) is 8.70. The second-order valence-corrected chi connectivity index (χ2v) is 8.60. The van der Waals surface area contributed by atoms with E-state index in [1.165, 1.54) is 0 Å². The van der Waals surface area contributed by atoms with Crippen molar-refractivity contribution in [3.63, 3.8) is 0 Å². The van der Waals surface area contributed by atoms with E-state index in [9.17, 15) is 9.59 Å². The van der Waals surface area contributed by atoms with Gasteiger partial charge in [-0.1, -0.05) is 30.3 Å². The van der Waals surface area contributed by atoms with Crippen molar-refractivity contribution in [3.05, 3.63) is 70.9 Å². The Balaban J connectivity index is 1.50. The van der Waals surface area contributed by atoms with Gasteiger partial charge in [0, 0.05) is 11.4 Å². The molecule has 1 unspecified atom stereocenters. The molecule has 1 N–H and O–H groups in total. The topological polar surface area (TPSA) is 77.5 Å². The van der Waals surface area contributed by atoms with Crippen molar-refractivity contribution in [2.45, 2.75) is 44.8 Å². The number of carbonyl (C=O) groups is 2. The minimum Gasteiger partial charge on any atom is -0.497 e. The Kier molecular flexibility index (Phi) is 5.58. The van der Waals surface area contributed by atoms with Crippen molar-refractivity contribution in [2.75, 3.05) is 7.11 Å². The lowest BCUT2D eigenvalue weighted by atomic mass is 10.0. The van der Waals surface area contributed by atoms with Crippen LogP contribution >= 0.6 is 0 Å². The number of hydrogen-bond donors (Lipinski definition) is 1. The van der Waals surface area contributed by atoms with Crippen LogP contribution in [0.15, 0.2) is 48.5 Å². The van der Waals surface area contributed by atoms with Crippen LogP contribution in [0.1, 0.15) is 53.4 Å². The number of benzene rings is 2. The van der Waals surface area contributed by atoms with E-state index in [-0.39, 0.29) is 11.9 Å². The molecule has 2 aliphatic carbocycles. The van der Waals surface area contributed by atoms with E-state index in [1.54, 1.807) is 14.0 Å². The van der Waals surface area contributed by atoms with Gasteiger partial charge >= 0.3 is 5.97 Å². The molecule has 1 amide bonds. The lowest BCUT2D eigenvalue weighted by Gasteiger charge is -2.16. The van der Waals surface area contributed by atoms with Crippen molar-refractivity contribution < 1.29 is 19.1 Å². The first-order valence-electron chi connectivity index (χ1n) is 11.3. The van der Waals surface area contributed by atoms with Gasteiger partial charge in [-0.3, -0.25) is 4.79 Å². The highest BCUT2D eigenvalue weighted by Crippen LogP contribution is 2.38. The fourth-order valence-electron chi connectivity index (χ4n) is 4.23. The Morgan fingerprint density at radius 1 is 1.09 bits per heavy atom. The molecule has 33 heavy (non-hydrogen) atoms. The third kappa shape index (κ3) is 4.33. The molecule has 0 saturated heterocycles. The maximum atomic E-state index is 13.3. The summed E-state index contributed by atoms with van der Waals surface area (Å²) in [6, 6.07) is 15.7. The normalized spacial score (nSPS) is 17.0. The summed E-state index contributed by atoms with van der Waals surface area (Å²) in [5.74, 6) is 0.0768. The van der Waals surface area contributed by atoms with Crippen LogP contribution in [0.3, 0.4) is 0 Å². The Hall–Kier alpha value is -3.67. The molecule has 6 heteroatoms. The summed E-state index contributed by atoms with van der Waals surface area (Å²) in [6.07, 6.45) is 4.70. The number of aromatic nitrogens is 1. The van der Waals surface area contributed by atoms with Crippen LogP contribution < -0.4 is 10.1 Å². The average molecular weight is 443 g/mol. The third-order valence-corrected chi connectivity index (χ3v) is 6.18. The molecule has 0 radical (unpaired) electrons. The smallest absolute Gasteiger partial charge is 0.339 e. The summed E-state index contributed by atoms with van der Waals surface area (Å²) < 4.78 is 10.9. The van der Waals surface area contributed by atoms with Gasteiger partial charge in [0.25, 0.3) is 5.91 Å². The molecule has 1 atom stereocenters. The van der Waals surface area contributed by atoms with E-state index in [4.69, 9.17) is 14.5 Å². The van der Waals surface area contributed by atoms with E-state index in [1.807, 2.05) is 48.5 Å². The van der Waals surface area contributed by atoms with Crippen LogP contribution in [-0.2, 0) is 16.0 Å². The Morgan fingerprint density at radius 2 is 1.85 bits per heavy atom. The standard InChI is InChI=1S/C27H26N2O4/c1-16(26(30)28-19-10-11-19)33-27(31)24-21-5-3-4-6-23(21)29-25-18(9-14-22(24)25)15-17-7-12-20(32-2)13-8-17/h3-8,12-13,15-16,19H,9-11,14H2,1-2H3,(H,28,30)/b18-15+. The average Bonchev–Trinajstić information content (AvgIpc) is 3.56. The molecular weight excluding hydrogens is 416 g/mol. The lowest BCUT2D eigenvalue weighted by molar-refractivity contribution is -0.129. The number of fused-ring (bicyclic) bond motifs is 2. The molecule has 1 fully saturated rings. The summed E-state index contributed by atoms with van der Waals surface area (Å²) in [4.78, 5) is 30.5. The highest BCUT2D eigenvalue weighted by Gasteiger charge is 2.31. The van der Waals surface area contributed by atoms with Crippen molar-refractivity contribution in [2.24, 2.45) is 0 Å². The lowest BCUT2D eigenvalue weighted by Crippen LogP contribution is -2.37. The van der Waals surface area contributed by atoms with Gasteiger partial charge in [-0.05, 0) is 73.6 Å². The van der Waals surface area contributed by atoms with Gasteiger partial charge in [0.15, 0.2) is 6.10 Å². The number of para-hydroxylation sites is 1. The molecular formula is C27H26N2O4. The SMILES string of the molecule is COc1ccc(/C=C2\CCc3c2nc2ccccc2c3C(=O)OC(C)C(=O)NC2CC2)cc1. The van der Waals surface area contributed by atoms with Crippen molar-refractivity contribution in [3.8, 4) is 5.75 Å². The Morgan fingerprint density at radius 3 is 2.58 bits per heavy atom. The number of nitrogens with zero attached hydrogens (tertiary/aromatic N) is 1. The van der Waals surface area contributed by atoms with Gasteiger partial charge < -0.3 is 14.8 Å². The zero-order valence-corrected chi connectivity index (χ0v) is 18.8. The number of nitrogens with one attached hydrogen (secondary N) is 1. The molecule has 3 aromatic rings. The van der Waals surface area contributed by atoms with Crippen molar-refractivity contribution in [1.29, 1.82) is 0 Å². The maximum absolute atomic E-state index is 13.3. The fourth-order valence-corrected chi connectivity index (χ4v) is 4.23. The first kappa shape index (κ1) is 21.2. The van der Waals surface area contributed by atoms with E-state index in [0.717, 1.165) is 58.3 Å². The molecule has 0 spiro atoms. The molecule has 0 bridgehead atoms. The number of ether oxygens (including phenoxy) is 2. The van der Waals surface area contributed by atoms with Gasteiger partial charge in [0.1, 0.15) is 5.75 Å². The van der Waals surface area contributed by atoms with Crippen LogP contribution in [0.5, 0.6) is 5.75 Å². The number of amides is 1. The number of allylic oxidation sites excluding steroid dienone is 1. The predicted molar refractivity (Wildman–Crippen MR) is 127 cm³/mol. The molecule has 6 nitrogen and oxygen atoms in total. The van der Waals surface area contributed by atoms with E-state index < -0.39 is 12.1 Å². The monoisotopic (exact) mass is 442 g/mol. The molecule has 2 aromatic carbocycles. The highest BCUT2D eigenvalue weighted by molar-refractivity contribution is 6.07. The first-order valence-corrected chi connectivity index (χ1v) is 11.3. The minimum atomic E-state index is -0.851. The molecule has 1 heterocycles. The minimum absolute atomic E-state index is 0.218. The Labute approximate surface area is 192 Å². The molecule has 1 saturated carbocycles. The highest BCUT2D eigenvalue weighted by atomic mass is 16.5. The first-order chi connectivity index (χ1) is 16.0. The van der Waals surface area contributed by atoms with E-state index >= 15 is 0 Å². The quantitative estimate of drug-likeness (QED) is 0.567. The number of esters is 1. The number of rotatable bonds is 6. The summed E-state index contributed by atoms with van der Waals surface area (Å²) in [7, 11) is 1.65. The zero-order chi connectivity index (χ0) is 22.9. The molecule has 168 valence electrons. The molecule has 1 aromatic heterocycles. The van der Waals surface area contributed by atoms with E-state index in [0.29, 0.717) is 12.0 Å². The summed E-state index contributed by atoms with van der Waals surface area (Å²) in [6.45, 7) is 1.62. The largest absolute Gasteiger partial charge is 0.497 e. The fraction of sp³-hybridized carbons (Fsp3) is 0.296. The van der Waals surface area contributed by atoms with Gasteiger partial charge in [-0.25, -0.2) is 9.78 Å². The molecule has 5 rings (SSSR count). The number of methoxy groups -OCH3 is 1. The van der Waals surface area contributed by atoms with Crippen LogP contribution in [0.4, 0.5) is 0 Å². The maximum Gasteiger partial charge on any atom is 0.339 e. The zero-order valence-electron chi connectivity index (χ0n) is 18.8. The van der Waals surface area contributed by atoms with Gasteiger partial charge in [-0.15, -0.1) is 0 Å². The van der Waals surface area contributed by atoms with Gasteiger partial charge in [0.2, 0.25) is 0 Å². The summed E-state index contributed by atoms with van der Waals surface area (Å²) in [5.41, 5.74) is 5.08. The second-order valence-electron chi connectivity index (χ2n) is 8.60. The molecule has 2 aliphatic rings. The molecule has 0 aliphatic heterocycles.